The van der Waals surface area contributed by atoms with Crippen molar-refractivity contribution in [2.45, 2.75) is 23.7 Å². The minimum absolute atomic E-state index is 0.156. The summed E-state index contributed by atoms with van der Waals surface area (Å²) in [6.45, 7) is 1.89. The van der Waals surface area contributed by atoms with Crippen LogP contribution >= 0.6 is 0 Å². The fourth-order valence-corrected chi connectivity index (χ4v) is 3.14. The highest BCUT2D eigenvalue weighted by Gasteiger charge is 2.38. The third kappa shape index (κ3) is 7.72. The van der Waals surface area contributed by atoms with Crippen LogP contribution < -0.4 is 10.0 Å². The molecule has 1 aromatic carbocycles. The van der Waals surface area contributed by atoms with Gasteiger partial charge in [0.25, 0.3) is 0 Å². The van der Waals surface area contributed by atoms with E-state index in [9.17, 15) is 34.8 Å². The van der Waals surface area contributed by atoms with Gasteiger partial charge < -0.3 is 10.4 Å². The first-order chi connectivity index (χ1) is 12.2. The summed E-state index contributed by atoms with van der Waals surface area (Å²) in [6.07, 6.45) is -8.67. The molecule has 0 aliphatic carbocycles. The van der Waals surface area contributed by atoms with E-state index in [0.29, 0.717) is 0 Å². The van der Waals surface area contributed by atoms with Crippen LogP contribution in [0, 0.1) is 5.92 Å². The first-order valence-electron chi connectivity index (χ1n) is 7.41. The Hall–Kier alpha value is -1.86. The number of benzene rings is 1. The monoisotopic (exact) mass is 422 g/mol. The molecule has 1 heterocycles. The normalized spacial score (nSPS) is 17.9. The Bertz CT molecular complexity index is 725. The van der Waals surface area contributed by atoms with Gasteiger partial charge in [-0.3, -0.25) is 0 Å². The lowest BCUT2D eigenvalue weighted by molar-refractivity contribution is -0.192. The van der Waals surface area contributed by atoms with Crippen molar-refractivity contribution in [3.63, 3.8) is 0 Å². The van der Waals surface area contributed by atoms with Gasteiger partial charge in [-0.15, -0.1) is 0 Å². The van der Waals surface area contributed by atoms with Gasteiger partial charge in [0, 0.05) is 6.54 Å². The van der Waals surface area contributed by atoms with E-state index in [1.54, 1.807) is 0 Å². The topological polar surface area (TPSA) is 95.5 Å². The van der Waals surface area contributed by atoms with Crippen LogP contribution in [-0.4, -0.2) is 45.3 Å². The fraction of sp³-hybridized carbons (Fsp3) is 0.500. The predicted molar refractivity (Wildman–Crippen MR) is 81.3 cm³/mol. The molecule has 1 aliphatic heterocycles. The van der Waals surface area contributed by atoms with Crippen molar-refractivity contribution in [2.24, 2.45) is 5.92 Å². The van der Waals surface area contributed by atoms with Crippen LogP contribution in [0.2, 0.25) is 0 Å². The number of carboxylic acids is 1. The van der Waals surface area contributed by atoms with E-state index in [1.807, 2.05) is 0 Å². The molecule has 3 N–H and O–H groups in total. The van der Waals surface area contributed by atoms with E-state index in [4.69, 9.17) is 9.90 Å². The average Bonchev–Trinajstić information content (AvgIpc) is 3.05. The lowest BCUT2D eigenvalue weighted by Crippen LogP contribution is -2.30. The first-order valence-corrected chi connectivity index (χ1v) is 8.89. The standard InChI is InChI=1S/C12H15F3N2O2S.C2HF3O2/c13-12(14,15)10-1-3-11(4-2-10)20(18,19)17-8-9-5-6-16-7-9;3-2(4,5)1(6)7/h1-4,9,16-17H,5-8H2;(H,6,7)/t9-;/m1./s1. The molecule has 0 unspecified atom stereocenters. The molecule has 1 aromatic rings. The zero-order chi connectivity index (χ0) is 20.9. The van der Waals surface area contributed by atoms with Crippen molar-refractivity contribution in [1.82, 2.24) is 10.0 Å². The molecule has 0 amide bonds. The maximum absolute atomic E-state index is 12.4. The van der Waals surface area contributed by atoms with E-state index >= 15 is 0 Å². The molecule has 0 aromatic heterocycles. The number of hydrogen-bond donors (Lipinski definition) is 3. The Morgan fingerprint density at radius 1 is 1.15 bits per heavy atom. The molecule has 154 valence electrons. The molecule has 0 radical (unpaired) electrons. The number of hydrogen-bond acceptors (Lipinski definition) is 4. The molecule has 13 heteroatoms. The molecule has 0 saturated carbocycles. The summed E-state index contributed by atoms with van der Waals surface area (Å²) >= 11 is 0. The lowest BCUT2D eigenvalue weighted by atomic mass is 10.1. The summed E-state index contributed by atoms with van der Waals surface area (Å²) in [6, 6.07) is 3.48. The Kier molecular flexibility index (Phi) is 7.63. The summed E-state index contributed by atoms with van der Waals surface area (Å²) in [5.74, 6) is -2.54. The van der Waals surface area contributed by atoms with Crippen LogP contribution in [0.15, 0.2) is 29.2 Å². The highest BCUT2D eigenvalue weighted by Crippen LogP contribution is 2.29. The van der Waals surface area contributed by atoms with Crippen LogP contribution in [0.3, 0.4) is 0 Å². The molecule has 0 spiro atoms. The number of sulfonamides is 1. The van der Waals surface area contributed by atoms with E-state index in [-0.39, 0.29) is 17.4 Å². The minimum Gasteiger partial charge on any atom is -0.475 e. The Balaban J connectivity index is 0.000000445. The van der Waals surface area contributed by atoms with Crippen LogP contribution in [0.4, 0.5) is 26.3 Å². The maximum atomic E-state index is 12.4. The number of rotatable bonds is 4. The third-order valence-electron chi connectivity index (χ3n) is 3.46. The molecule has 1 atom stereocenters. The summed E-state index contributed by atoms with van der Waals surface area (Å²) in [7, 11) is -3.76. The van der Waals surface area contributed by atoms with Crippen molar-refractivity contribution in [2.75, 3.05) is 19.6 Å². The molecule has 2 rings (SSSR count). The molecular formula is C14H16F6N2O4S. The van der Waals surface area contributed by atoms with Crippen molar-refractivity contribution in [3.8, 4) is 0 Å². The summed E-state index contributed by atoms with van der Waals surface area (Å²) < 4.78 is 95.2. The van der Waals surface area contributed by atoms with E-state index in [1.165, 1.54) is 0 Å². The fourth-order valence-electron chi connectivity index (χ4n) is 2.02. The van der Waals surface area contributed by atoms with Crippen LogP contribution in [0.25, 0.3) is 0 Å². The third-order valence-corrected chi connectivity index (χ3v) is 4.90. The second-order valence-corrected chi connectivity index (χ2v) is 7.30. The predicted octanol–water partition coefficient (Wildman–Crippen LogP) is 2.23. The van der Waals surface area contributed by atoms with Gasteiger partial charge >= 0.3 is 18.3 Å². The highest BCUT2D eigenvalue weighted by molar-refractivity contribution is 7.89. The Labute approximate surface area is 150 Å². The molecule has 1 saturated heterocycles. The lowest BCUT2D eigenvalue weighted by Gasteiger charge is -2.12. The van der Waals surface area contributed by atoms with Gasteiger partial charge in [0.05, 0.1) is 10.5 Å². The van der Waals surface area contributed by atoms with Crippen molar-refractivity contribution in [1.29, 1.82) is 0 Å². The van der Waals surface area contributed by atoms with E-state index in [0.717, 1.165) is 43.8 Å². The first kappa shape index (κ1) is 23.2. The Morgan fingerprint density at radius 3 is 2.04 bits per heavy atom. The average molecular weight is 422 g/mol. The van der Waals surface area contributed by atoms with E-state index in [2.05, 4.69) is 10.0 Å². The molecule has 1 fully saturated rings. The quantitative estimate of drug-likeness (QED) is 0.647. The summed E-state index contributed by atoms with van der Waals surface area (Å²) in [5, 5.41) is 10.2. The number of carboxylic acid groups (broad SMARTS) is 1. The molecular weight excluding hydrogens is 406 g/mol. The largest absolute Gasteiger partial charge is 0.490 e. The Morgan fingerprint density at radius 2 is 1.67 bits per heavy atom. The number of alkyl halides is 6. The molecule has 0 bridgehead atoms. The maximum Gasteiger partial charge on any atom is 0.490 e. The number of aliphatic carboxylic acids is 1. The van der Waals surface area contributed by atoms with Gasteiger partial charge in [0.2, 0.25) is 10.0 Å². The van der Waals surface area contributed by atoms with Crippen LogP contribution in [-0.2, 0) is 21.0 Å². The minimum atomic E-state index is -5.08. The highest BCUT2D eigenvalue weighted by atomic mass is 32.2. The van der Waals surface area contributed by atoms with Gasteiger partial charge in [-0.05, 0) is 49.7 Å². The summed E-state index contributed by atoms with van der Waals surface area (Å²) in [4.78, 5) is 8.74. The van der Waals surface area contributed by atoms with Gasteiger partial charge in [0.15, 0.2) is 0 Å². The molecule has 6 nitrogen and oxygen atoms in total. The van der Waals surface area contributed by atoms with Crippen molar-refractivity contribution in [3.05, 3.63) is 29.8 Å². The van der Waals surface area contributed by atoms with Crippen LogP contribution in [0.5, 0.6) is 0 Å². The van der Waals surface area contributed by atoms with Crippen molar-refractivity contribution >= 4 is 16.0 Å². The van der Waals surface area contributed by atoms with E-state index < -0.39 is 33.9 Å². The zero-order valence-corrected chi connectivity index (χ0v) is 14.4. The van der Waals surface area contributed by atoms with Gasteiger partial charge in [-0.25, -0.2) is 17.9 Å². The molecule has 27 heavy (non-hydrogen) atoms. The number of nitrogens with one attached hydrogen (secondary N) is 2. The second-order valence-electron chi connectivity index (χ2n) is 5.54. The van der Waals surface area contributed by atoms with Crippen LogP contribution in [0.1, 0.15) is 12.0 Å². The number of halogens is 6. The molecule has 1 aliphatic rings. The second kappa shape index (κ2) is 8.89. The summed E-state index contributed by atoms with van der Waals surface area (Å²) in [5.41, 5.74) is -0.864. The zero-order valence-electron chi connectivity index (χ0n) is 13.6. The smallest absolute Gasteiger partial charge is 0.475 e. The SMILES string of the molecule is O=C(O)C(F)(F)F.O=S(=O)(NC[C@@H]1CCNC1)c1ccc(C(F)(F)F)cc1. The van der Waals surface area contributed by atoms with Gasteiger partial charge in [0.1, 0.15) is 0 Å². The van der Waals surface area contributed by atoms with Gasteiger partial charge in [-0.1, -0.05) is 0 Å². The van der Waals surface area contributed by atoms with Gasteiger partial charge in [-0.2, -0.15) is 26.3 Å². The van der Waals surface area contributed by atoms with Crippen molar-refractivity contribution < 1.29 is 44.7 Å². The number of carbonyl (C=O) groups is 1.